The minimum absolute atomic E-state index is 0.0116. The van der Waals surface area contributed by atoms with E-state index in [4.69, 9.17) is 18.6 Å². The van der Waals surface area contributed by atoms with Crippen LogP contribution < -0.4 is 14.8 Å². The smallest absolute Gasteiger partial charge is 0.247 e. The van der Waals surface area contributed by atoms with Crippen LogP contribution in [0.2, 0.25) is 0 Å². The van der Waals surface area contributed by atoms with Crippen LogP contribution >= 0.6 is 0 Å². The molecule has 0 radical (unpaired) electrons. The standard InChI is InChI=1S/C26H30N2O9/c1-34-7-4-21(31)28(12-15-3-8-36-14-15)19-11-18(26(33)27-5-6-29)22-17-9-16(13-30)10-20(35-2)24(17)37-25(22)23(19)32/h3,8-11,13-14,19,22-23,25,29,32H,4-7,12H2,1-2H3,(H,27,33). The Morgan fingerprint density at radius 1 is 1.27 bits per heavy atom. The van der Waals surface area contributed by atoms with E-state index >= 15 is 0 Å². The van der Waals surface area contributed by atoms with Crippen molar-refractivity contribution in [2.24, 2.45) is 0 Å². The maximum absolute atomic E-state index is 13.3. The first-order chi connectivity index (χ1) is 17.9. The molecular formula is C26H30N2O9. The molecule has 2 aliphatic rings. The van der Waals surface area contributed by atoms with Crippen molar-refractivity contribution in [3.8, 4) is 11.5 Å². The zero-order valence-corrected chi connectivity index (χ0v) is 20.6. The molecule has 0 spiro atoms. The minimum Gasteiger partial charge on any atom is -0.493 e. The molecule has 1 aromatic carbocycles. The van der Waals surface area contributed by atoms with E-state index in [1.54, 1.807) is 18.2 Å². The van der Waals surface area contributed by atoms with Gasteiger partial charge in [0.05, 0.1) is 51.2 Å². The summed E-state index contributed by atoms with van der Waals surface area (Å²) in [5.74, 6) is -0.914. The first-order valence-electron chi connectivity index (χ1n) is 11.9. The number of nitrogens with one attached hydrogen (secondary N) is 1. The zero-order valence-electron chi connectivity index (χ0n) is 20.6. The van der Waals surface area contributed by atoms with Gasteiger partial charge >= 0.3 is 0 Å². The molecule has 0 bridgehead atoms. The number of aldehydes is 1. The molecule has 2 heterocycles. The number of methoxy groups -OCH3 is 2. The number of amides is 2. The van der Waals surface area contributed by atoms with Crippen LogP contribution in [-0.4, -0.2) is 85.4 Å². The molecule has 0 saturated carbocycles. The average Bonchev–Trinajstić information content (AvgIpc) is 3.57. The number of nitrogens with zero attached hydrogens (tertiary/aromatic N) is 1. The number of rotatable bonds is 11. The minimum atomic E-state index is -1.23. The number of aliphatic hydroxyl groups excluding tert-OH is 2. The Morgan fingerprint density at radius 3 is 2.73 bits per heavy atom. The maximum Gasteiger partial charge on any atom is 0.247 e. The van der Waals surface area contributed by atoms with Crippen molar-refractivity contribution in [3.63, 3.8) is 0 Å². The number of aliphatic hydroxyl groups is 2. The molecule has 2 amide bonds. The first-order valence-corrected chi connectivity index (χ1v) is 11.9. The van der Waals surface area contributed by atoms with Gasteiger partial charge in [0.1, 0.15) is 18.5 Å². The monoisotopic (exact) mass is 514 g/mol. The topological polar surface area (TPSA) is 148 Å². The van der Waals surface area contributed by atoms with Crippen LogP contribution in [0.1, 0.15) is 33.8 Å². The zero-order chi connectivity index (χ0) is 26.5. The van der Waals surface area contributed by atoms with E-state index in [0.717, 1.165) is 0 Å². The lowest BCUT2D eigenvalue weighted by atomic mass is 9.77. The fourth-order valence-corrected chi connectivity index (χ4v) is 4.83. The second-order valence-corrected chi connectivity index (χ2v) is 8.80. The molecule has 3 N–H and O–H groups in total. The number of hydrogen-bond donors (Lipinski definition) is 3. The van der Waals surface area contributed by atoms with Crippen molar-refractivity contribution in [1.82, 2.24) is 10.2 Å². The Morgan fingerprint density at radius 2 is 2.08 bits per heavy atom. The third-order valence-corrected chi connectivity index (χ3v) is 6.54. The van der Waals surface area contributed by atoms with Gasteiger partial charge in [0.2, 0.25) is 11.8 Å². The summed E-state index contributed by atoms with van der Waals surface area (Å²) in [5, 5.41) is 23.5. The predicted molar refractivity (Wildman–Crippen MR) is 129 cm³/mol. The molecule has 37 heavy (non-hydrogen) atoms. The van der Waals surface area contributed by atoms with E-state index in [1.165, 1.54) is 37.7 Å². The highest BCUT2D eigenvalue weighted by molar-refractivity contribution is 5.96. The van der Waals surface area contributed by atoms with E-state index in [9.17, 15) is 24.6 Å². The number of benzene rings is 1. The van der Waals surface area contributed by atoms with Crippen LogP contribution in [0.5, 0.6) is 11.5 Å². The van der Waals surface area contributed by atoms with Crippen molar-refractivity contribution in [2.45, 2.75) is 37.1 Å². The maximum atomic E-state index is 13.3. The van der Waals surface area contributed by atoms with Crippen LogP contribution in [0.3, 0.4) is 0 Å². The van der Waals surface area contributed by atoms with Crippen LogP contribution in [0.15, 0.2) is 46.8 Å². The van der Waals surface area contributed by atoms with Crippen molar-refractivity contribution < 1.29 is 43.2 Å². The average molecular weight is 515 g/mol. The van der Waals surface area contributed by atoms with Crippen LogP contribution in [-0.2, 0) is 20.9 Å². The Balaban J connectivity index is 1.80. The normalized spacial score (nSPS) is 21.8. The summed E-state index contributed by atoms with van der Waals surface area (Å²) in [6.07, 6.45) is 3.09. The Labute approximate surface area is 213 Å². The number of fused-ring (bicyclic) bond motifs is 3. The van der Waals surface area contributed by atoms with E-state index in [-0.39, 0.29) is 44.2 Å². The molecule has 4 unspecified atom stereocenters. The molecule has 2 aromatic rings. The number of furan rings is 1. The highest BCUT2D eigenvalue weighted by Gasteiger charge is 2.51. The summed E-state index contributed by atoms with van der Waals surface area (Å²) in [7, 11) is 2.92. The van der Waals surface area contributed by atoms with Crippen molar-refractivity contribution in [1.29, 1.82) is 0 Å². The third-order valence-electron chi connectivity index (χ3n) is 6.54. The van der Waals surface area contributed by atoms with Crippen molar-refractivity contribution in [2.75, 3.05) is 34.0 Å². The van der Waals surface area contributed by atoms with E-state index in [1.807, 2.05) is 0 Å². The summed E-state index contributed by atoms with van der Waals surface area (Å²) in [6, 6.07) is 3.90. The van der Waals surface area contributed by atoms with Gasteiger partial charge in [-0.2, -0.15) is 0 Å². The lowest BCUT2D eigenvalue weighted by Crippen LogP contribution is -2.55. The third kappa shape index (κ3) is 5.24. The fraction of sp³-hybridized carbons (Fsp3) is 0.423. The van der Waals surface area contributed by atoms with Crippen LogP contribution in [0, 0.1) is 0 Å². The number of ether oxygens (including phenoxy) is 3. The Bertz CT molecular complexity index is 1160. The molecule has 0 fully saturated rings. The molecule has 4 atom stereocenters. The fourth-order valence-electron chi connectivity index (χ4n) is 4.83. The van der Waals surface area contributed by atoms with Crippen molar-refractivity contribution in [3.05, 3.63) is 59.1 Å². The molecule has 0 saturated heterocycles. The van der Waals surface area contributed by atoms with Gasteiger partial charge in [-0.25, -0.2) is 0 Å². The quantitative estimate of drug-likeness (QED) is 0.370. The van der Waals surface area contributed by atoms with Gasteiger partial charge in [-0.3, -0.25) is 14.4 Å². The van der Waals surface area contributed by atoms with Crippen LogP contribution in [0.25, 0.3) is 0 Å². The molecule has 4 rings (SSSR count). The van der Waals surface area contributed by atoms with E-state index in [2.05, 4.69) is 5.32 Å². The first kappa shape index (κ1) is 26.4. The second kappa shape index (κ2) is 11.6. The number of carbonyl (C=O) groups is 3. The molecule has 1 aromatic heterocycles. The summed E-state index contributed by atoms with van der Waals surface area (Å²) in [5.41, 5.74) is 1.78. The lowest BCUT2D eigenvalue weighted by molar-refractivity contribution is -0.139. The molecule has 1 aliphatic heterocycles. The molecule has 1 aliphatic carbocycles. The predicted octanol–water partition coefficient (Wildman–Crippen LogP) is 0.789. The van der Waals surface area contributed by atoms with Crippen molar-refractivity contribution >= 4 is 18.1 Å². The highest BCUT2D eigenvalue weighted by Crippen LogP contribution is 2.51. The van der Waals surface area contributed by atoms with Gasteiger partial charge in [0.15, 0.2) is 11.5 Å². The summed E-state index contributed by atoms with van der Waals surface area (Å²) >= 11 is 0. The van der Waals surface area contributed by atoms with Gasteiger partial charge in [-0.05, 0) is 24.3 Å². The largest absolute Gasteiger partial charge is 0.493 e. The second-order valence-electron chi connectivity index (χ2n) is 8.80. The van der Waals surface area contributed by atoms with Gasteiger partial charge in [0.25, 0.3) is 0 Å². The Kier molecular flexibility index (Phi) is 8.27. The molecule has 198 valence electrons. The molecular weight excluding hydrogens is 484 g/mol. The van der Waals surface area contributed by atoms with Gasteiger partial charge in [-0.15, -0.1) is 0 Å². The summed E-state index contributed by atoms with van der Waals surface area (Å²) in [6.45, 7) is 0.0394. The Hall–Kier alpha value is -3.67. The van der Waals surface area contributed by atoms with Gasteiger partial charge in [-0.1, -0.05) is 0 Å². The van der Waals surface area contributed by atoms with E-state index < -0.39 is 30.1 Å². The summed E-state index contributed by atoms with van der Waals surface area (Å²) in [4.78, 5) is 39.6. The van der Waals surface area contributed by atoms with Crippen LogP contribution in [0.4, 0.5) is 0 Å². The number of hydrogen-bond acceptors (Lipinski definition) is 9. The van der Waals surface area contributed by atoms with Gasteiger partial charge in [0, 0.05) is 42.5 Å². The molecule has 11 heteroatoms. The summed E-state index contributed by atoms with van der Waals surface area (Å²) < 4.78 is 21.8. The highest BCUT2D eigenvalue weighted by atomic mass is 16.5. The van der Waals surface area contributed by atoms with Gasteiger partial charge < -0.3 is 39.1 Å². The SMILES string of the molecule is COCCC(=O)N(Cc1ccoc1)C1C=C(C(=O)NCCO)C2c3cc(C=O)cc(OC)c3OC2C1O. The lowest BCUT2D eigenvalue weighted by Gasteiger charge is -2.40. The molecule has 11 nitrogen and oxygen atoms in total. The van der Waals surface area contributed by atoms with E-state index in [0.29, 0.717) is 34.5 Å². The number of carbonyl (C=O) groups excluding carboxylic acids is 3.